The molecule has 0 aliphatic carbocycles. The summed E-state index contributed by atoms with van der Waals surface area (Å²) in [5.41, 5.74) is 1.51. The van der Waals surface area contributed by atoms with Gasteiger partial charge in [-0.15, -0.1) is 0 Å². The first-order chi connectivity index (χ1) is 5.66. The zero-order valence-corrected chi connectivity index (χ0v) is 8.93. The number of hydrogen-bond donors (Lipinski definition) is 0. The van der Waals surface area contributed by atoms with Crippen LogP contribution in [0.5, 0.6) is 0 Å². The zero-order chi connectivity index (χ0) is 9.40. The molecule has 0 saturated heterocycles. The molecule has 12 heavy (non-hydrogen) atoms. The van der Waals surface area contributed by atoms with Crippen molar-refractivity contribution in [2.75, 3.05) is 0 Å². The topological polar surface area (TPSA) is 0 Å². The van der Waals surface area contributed by atoms with Crippen LogP contribution in [-0.4, -0.2) is 0 Å². The molecule has 0 nitrogen and oxygen atoms in total. The van der Waals surface area contributed by atoms with Crippen LogP contribution in [-0.2, 0) is 0 Å². The highest BCUT2D eigenvalue weighted by atomic mass is 13.9. The van der Waals surface area contributed by atoms with Crippen molar-refractivity contribution in [3.8, 4) is 0 Å². The molecule has 0 unspecified atom stereocenters. The van der Waals surface area contributed by atoms with Crippen molar-refractivity contribution in [2.24, 2.45) is 5.92 Å². The summed E-state index contributed by atoms with van der Waals surface area (Å²) in [4.78, 5) is 0. The monoisotopic (exact) mass is 166 g/mol. The largest absolute Gasteiger partial charge is 0.0880 e. The highest BCUT2D eigenvalue weighted by Gasteiger charge is 1.84. The summed E-state index contributed by atoms with van der Waals surface area (Å²) in [5.74, 6) is 0.696. The van der Waals surface area contributed by atoms with E-state index in [-0.39, 0.29) is 0 Å². The molecule has 0 rings (SSSR count). The van der Waals surface area contributed by atoms with Crippen molar-refractivity contribution < 1.29 is 0 Å². The standard InChI is InChI=1S/C12H22/c1-5-12(4)10-8-6-7-9-11(2)3/h7,9-11H,5-6,8H2,1-4H3/b9-7+,12-10-. The summed E-state index contributed by atoms with van der Waals surface area (Å²) >= 11 is 0. The molecular formula is C12H22. The van der Waals surface area contributed by atoms with Crippen LogP contribution in [0.3, 0.4) is 0 Å². The Kier molecular flexibility index (Phi) is 6.84. The normalized spacial score (nSPS) is 13.2. The van der Waals surface area contributed by atoms with E-state index in [2.05, 4.69) is 45.9 Å². The second kappa shape index (κ2) is 7.15. The lowest BCUT2D eigenvalue weighted by molar-refractivity contribution is 0.822. The Balaban J connectivity index is 3.44. The summed E-state index contributed by atoms with van der Waals surface area (Å²) in [7, 11) is 0. The van der Waals surface area contributed by atoms with Gasteiger partial charge in [-0.25, -0.2) is 0 Å². The van der Waals surface area contributed by atoms with Gasteiger partial charge in [0.2, 0.25) is 0 Å². The fourth-order valence-electron chi connectivity index (χ4n) is 0.939. The second-order valence-electron chi connectivity index (χ2n) is 3.65. The Hall–Kier alpha value is -0.520. The smallest absolute Gasteiger partial charge is 0.0290 e. The van der Waals surface area contributed by atoms with Gasteiger partial charge in [-0.3, -0.25) is 0 Å². The van der Waals surface area contributed by atoms with E-state index >= 15 is 0 Å². The van der Waals surface area contributed by atoms with Crippen LogP contribution < -0.4 is 0 Å². The first-order valence-electron chi connectivity index (χ1n) is 4.99. The van der Waals surface area contributed by atoms with Crippen molar-refractivity contribution in [2.45, 2.75) is 47.0 Å². The quantitative estimate of drug-likeness (QED) is 0.421. The van der Waals surface area contributed by atoms with Crippen LogP contribution in [0, 0.1) is 5.92 Å². The fraction of sp³-hybridized carbons (Fsp3) is 0.667. The molecule has 0 radical (unpaired) electrons. The lowest BCUT2D eigenvalue weighted by Crippen LogP contribution is -1.77. The molecule has 0 aliphatic heterocycles. The van der Waals surface area contributed by atoms with E-state index in [0.29, 0.717) is 5.92 Å². The number of allylic oxidation sites excluding steroid dienone is 4. The average molecular weight is 166 g/mol. The maximum absolute atomic E-state index is 2.34. The lowest BCUT2D eigenvalue weighted by atomic mass is 10.1. The zero-order valence-electron chi connectivity index (χ0n) is 8.93. The van der Waals surface area contributed by atoms with E-state index in [4.69, 9.17) is 0 Å². The molecule has 0 fully saturated rings. The van der Waals surface area contributed by atoms with E-state index in [1.165, 1.54) is 24.8 Å². The van der Waals surface area contributed by atoms with Gasteiger partial charge in [0, 0.05) is 0 Å². The Morgan fingerprint density at radius 2 is 1.92 bits per heavy atom. The molecule has 0 spiro atoms. The van der Waals surface area contributed by atoms with Crippen molar-refractivity contribution in [1.29, 1.82) is 0 Å². The number of rotatable bonds is 5. The number of hydrogen-bond acceptors (Lipinski definition) is 0. The van der Waals surface area contributed by atoms with Crippen LogP contribution >= 0.6 is 0 Å². The summed E-state index contributed by atoms with van der Waals surface area (Å²) in [5, 5.41) is 0. The van der Waals surface area contributed by atoms with Gasteiger partial charge in [-0.1, -0.05) is 44.6 Å². The molecule has 0 amide bonds. The van der Waals surface area contributed by atoms with Crippen molar-refractivity contribution >= 4 is 0 Å². The highest BCUT2D eigenvalue weighted by Crippen LogP contribution is 2.03. The third-order valence-corrected chi connectivity index (χ3v) is 1.90. The molecule has 0 heteroatoms. The van der Waals surface area contributed by atoms with E-state index in [0.717, 1.165) is 0 Å². The molecule has 0 saturated carbocycles. The Morgan fingerprint density at radius 3 is 2.42 bits per heavy atom. The summed E-state index contributed by atoms with van der Waals surface area (Å²) in [6, 6.07) is 0. The Bertz CT molecular complexity index is 149. The lowest BCUT2D eigenvalue weighted by Gasteiger charge is -1.95. The summed E-state index contributed by atoms with van der Waals surface area (Å²) in [6.45, 7) is 8.83. The van der Waals surface area contributed by atoms with E-state index in [9.17, 15) is 0 Å². The van der Waals surface area contributed by atoms with E-state index in [1.807, 2.05) is 0 Å². The fourth-order valence-corrected chi connectivity index (χ4v) is 0.939. The van der Waals surface area contributed by atoms with Gasteiger partial charge in [-0.2, -0.15) is 0 Å². The SMILES string of the molecule is CC/C(C)=C\CC/C=C/C(C)C. The first kappa shape index (κ1) is 11.5. The third-order valence-electron chi connectivity index (χ3n) is 1.90. The predicted octanol–water partition coefficient (Wildman–Crippen LogP) is 4.34. The molecule has 0 heterocycles. The summed E-state index contributed by atoms with van der Waals surface area (Å²) in [6.07, 6.45) is 10.5. The molecule has 0 aromatic heterocycles. The molecule has 0 bridgehead atoms. The molecule has 0 aromatic rings. The minimum atomic E-state index is 0.696. The number of unbranched alkanes of at least 4 members (excludes halogenated alkanes) is 1. The van der Waals surface area contributed by atoms with Crippen LogP contribution in [0.2, 0.25) is 0 Å². The highest BCUT2D eigenvalue weighted by molar-refractivity contribution is 4.98. The first-order valence-corrected chi connectivity index (χ1v) is 4.99. The summed E-state index contributed by atoms with van der Waals surface area (Å²) < 4.78 is 0. The van der Waals surface area contributed by atoms with Gasteiger partial charge in [0.05, 0.1) is 0 Å². The van der Waals surface area contributed by atoms with Crippen LogP contribution in [0.25, 0.3) is 0 Å². The van der Waals surface area contributed by atoms with Crippen molar-refractivity contribution in [3.63, 3.8) is 0 Å². The van der Waals surface area contributed by atoms with Gasteiger partial charge < -0.3 is 0 Å². The average Bonchev–Trinajstić information content (AvgIpc) is 2.03. The minimum Gasteiger partial charge on any atom is -0.0880 e. The molecule has 0 aromatic carbocycles. The van der Waals surface area contributed by atoms with Gasteiger partial charge in [-0.05, 0) is 32.1 Å². The van der Waals surface area contributed by atoms with Gasteiger partial charge >= 0.3 is 0 Å². The third kappa shape index (κ3) is 7.59. The molecular weight excluding hydrogens is 144 g/mol. The molecule has 0 atom stereocenters. The second-order valence-corrected chi connectivity index (χ2v) is 3.65. The maximum atomic E-state index is 2.34. The van der Waals surface area contributed by atoms with Crippen LogP contribution in [0.15, 0.2) is 23.8 Å². The van der Waals surface area contributed by atoms with E-state index in [1.54, 1.807) is 0 Å². The van der Waals surface area contributed by atoms with Gasteiger partial charge in [0.1, 0.15) is 0 Å². The van der Waals surface area contributed by atoms with E-state index < -0.39 is 0 Å². The molecule has 70 valence electrons. The van der Waals surface area contributed by atoms with Gasteiger partial charge in [0.25, 0.3) is 0 Å². The van der Waals surface area contributed by atoms with Gasteiger partial charge in [0.15, 0.2) is 0 Å². The Labute approximate surface area is 77.4 Å². The Morgan fingerprint density at radius 1 is 1.25 bits per heavy atom. The van der Waals surface area contributed by atoms with Crippen LogP contribution in [0.4, 0.5) is 0 Å². The van der Waals surface area contributed by atoms with Crippen molar-refractivity contribution in [3.05, 3.63) is 23.8 Å². The molecule has 0 N–H and O–H groups in total. The predicted molar refractivity (Wildman–Crippen MR) is 57.3 cm³/mol. The van der Waals surface area contributed by atoms with Crippen molar-refractivity contribution in [1.82, 2.24) is 0 Å². The molecule has 0 aliphatic rings. The van der Waals surface area contributed by atoms with Crippen LogP contribution in [0.1, 0.15) is 47.0 Å². The maximum Gasteiger partial charge on any atom is -0.0290 e. The minimum absolute atomic E-state index is 0.696.